The first-order valence-corrected chi connectivity index (χ1v) is 52.1. The summed E-state index contributed by atoms with van der Waals surface area (Å²) in [6.45, 7) is 9.48. The van der Waals surface area contributed by atoms with Crippen molar-refractivity contribution < 1.29 is 8.83 Å². The molecule has 2 aliphatic carbocycles. The van der Waals surface area contributed by atoms with E-state index in [-0.39, 0.29) is 10.8 Å². The average molecular weight is 1910 g/mol. The largest absolute Gasteiger partial charge is 0.454 e. The van der Waals surface area contributed by atoms with E-state index >= 15 is 0 Å². The Morgan fingerprint density at radius 3 is 0.953 bits per heavy atom. The SMILES string of the molecule is CC1(C)c2ccccc2-c2ccc(-c3ccc4cc5c6cc7c8ccccc8n(-c8ccccc8)c7c7c8cc9ccc(-c%10ccc%11c(c%10)C(C)(C)c%10ccccc%10-%11)cc9cc8n(c5cc4c3)c67)cc21.c1ccc(N(c2ccc3cc4c5cc6c7ccccc7n(-c7ccccc7)c6c6c7cc8ccc(N(c9ccccc9)c9cccc%10c9oc9ccccc9%10)cc8cc7n(c4cc3c2)c56)c2cccc3c2oc2ccccc23)cc1. The molecular formula is C142H90N6O2. The second-order valence-electron chi connectivity index (χ2n) is 42.5. The van der Waals surface area contributed by atoms with Gasteiger partial charge >= 0.3 is 0 Å². The lowest BCUT2D eigenvalue weighted by molar-refractivity contribution is 0.660. The van der Waals surface area contributed by atoms with Crippen molar-refractivity contribution in [2.75, 3.05) is 9.80 Å². The molecular weight excluding hydrogens is 1820 g/mol. The number of para-hydroxylation sites is 10. The van der Waals surface area contributed by atoms with Gasteiger partial charge in [0.1, 0.15) is 11.2 Å². The van der Waals surface area contributed by atoms with Crippen LogP contribution in [0.1, 0.15) is 49.9 Å². The highest BCUT2D eigenvalue weighted by Crippen LogP contribution is 2.57. The Morgan fingerprint density at radius 2 is 0.520 bits per heavy atom. The minimum absolute atomic E-state index is 0.0569. The van der Waals surface area contributed by atoms with Gasteiger partial charge in [-0.15, -0.1) is 0 Å². The highest BCUT2D eigenvalue weighted by Gasteiger charge is 2.39. The van der Waals surface area contributed by atoms with E-state index in [1.807, 2.05) is 12.1 Å². The summed E-state index contributed by atoms with van der Waals surface area (Å²) in [6.07, 6.45) is 0. The van der Waals surface area contributed by atoms with Crippen molar-refractivity contribution in [3.63, 3.8) is 0 Å². The number of furan rings is 2. The lowest BCUT2D eigenvalue weighted by atomic mass is 9.81. The van der Waals surface area contributed by atoms with Crippen molar-refractivity contribution in [2.45, 2.75) is 38.5 Å². The van der Waals surface area contributed by atoms with Crippen LogP contribution in [0.4, 0.5) is 34.1 Å². The molecule has 0 N–H and O–H groups in total. The topological polar surface area (TPSA) is 51.4 Å². The summed E-state index contributed by atoms with van der Waals surface area (Å²) >= 11 is 0. The van der Waals surface area contributed by atoms with Crippen LogP contribution in [0.25, 0.3) is 263 Å². The molecule has 0 bridgehead atoms. The fraction of sp³-hybridized carbons (Fsp3) is 0.0423. The van der Waals surface area contributed by atoms with Crippen molar-refractivity contribution >= 4 is 241 Å². The maximum absolute atomic E-state index is 6.72. The molecule has 34 rings (SSSR count). The molecule has 2 aliphatic rings. The first kappa shape index (κ1) is 83.1. The van der Waals surface area contributed by atoms with E-state index in [4.69, 9.17) is 8.83 Å². The Balaban J connectivity index is 0.000000131. The van der Waals surface area contributed by atoms with Gasteiger partial charge < -0.3 is 36.6 Å². The standard InChI is InChI=1S/C74H44N4O2.C68H46N2/c1-4-18-49(19-5-1)75(64-30-16-27-57-55-25-11-14-32-68(55)79-73(57)64)52-36-34-45-40-59-61-44-60-54-24-10-13-29-63(54)77(51-22-8-3-9-23-51)71(60)70-62-41-46-35-37-53(39-48(46)43-67(62)78(72(61)70)66(59)42-47(45)38-52)76(50-20-6-2-7-21-50)65-31-17-28-58-56-26-12-15-33-69(56)80-74(58)65;1-67(2)57-19-11-8-16-48(57)50-28-26-43(34-59(50)67)39-22-24-41-32-53-55-38-54-52-18-10-13-21-61(52)69(47-14-6-5-7-15-47)65(54)64-56-33-42-25-23-40(31-46(42)37-63(56)70(66(55)64)62(53)36-45(41)30-39)44-27-29-51-49-17-9-12-20-58(49)68(3,4)60(51)35-44/h1-44H;5-38H,1-4H3. The van der Waals surface area contributed by atoms with Crippen molar-refractivity contribution in [1.82, 2.24) is 17.9 Å². The van der Waals surface area contributed by atoms with E-state index < -0.39 is 0 Å². The van der Waals surface area contributed by atoms with E-state index in [1.54, 1.807) is 0 Å². The smallest absolute Gasteiger partial charge is 0.159 e. The number of fused-ring (bicyclic) bond motifs is 36. The zero-order chi connectivity index (χ0) is 98.5. The van der Waals surface area contributed by atoms with Crippen LogP contribution < -0.4 is 9.80 Å². The van der Waals surface area contributed by atoms with Crippen LogP contribution in [-0.4, -0.2) is 17.9 Å². The van der Waals surface area contributed by atoms with Crippen LogP contribution in [0.3, 0.4) is 0 Å². The number of anilines is 6. The molecule has 24 aromatic carbocycles. The number of hydrogen-bond acceptors (Lipinski definition) is 4. The van der Waals surface area contributed by atoms with Gasteiger partial charge in [0.25, 0.3) is 0 Å². The van der Waals surface area contributed by atoms with Gasteiger partial charge in [0, 0.05) is 131 Å². The second-order valence-corrected chi connectivity index (χ2v) is 42.5. The van der Waals surface area contributed by atoms with Crippen LogP contribution in [0.15, 0.2) is 482 Å². The lowest BCUT2D eigenvalue weighted by Gasteiger charge is -2.26. The van der Waals surface area contributed by atoms with Crippen LogP contribution >= 0.6 is 0 Å². The molecule has 0 amide bonds. The molecule has 0 saturated heterocycles. The first-order chi connectivity index (χ1) is 73.9. The zero-order valence-corrected chi connectivity index (χ0v) is 82.5. The Hall–Kier alpha value is -19.3. The number of rotatable bonds is 10. The molecule has 0 atom stereocenters. The summed E-state index contributed by atoms with van der Waals surface area (Å²) in [4.78, 5) is 4.68. The lowest BCUT2D eigenvalue weighted by Crippen LogP contribution is -2.14. The summed E-state index contributed by atoms with van der Waals surface area (Å²) in [7, 11) is 0. The van der Waals surface area contributed by atoms with Gasteiger partial charge in [-0.3, -0.25) is 0 Å². The molecule has 8 heterocycles. The quantitative estimate of drug-likeness (QED) is 0.137. The maximum Gasteiger partial charge on any atom is 0.159 e. The molecule has 8 heteroatoms. The van der Waals surface area contributed by atoms with Crippen LogP contribution in [0, 0.1) is 0 Å². The second kappa shape index (κ2) is 30.7. The monoisotopic (exact) mass is 1910 g/mol. The van der Waals surface area contributed by atoms with E-state index in [0.29, 0.717) is 0 Å². The highest BCUT2D eigenvalue weighted by atomic mass is 16.3. The van der Waals surface area contributed by atoms with Gasteiger partial charge in [-0.25, -0.2) is 0 Å². The molecule has 0 unspecified atom stereocenters. The number of hydrogen-bond donors (Lipinski definition) is 0. The summed E-state index contributed by atoms with van der Waals surface area (Å²) < 4.78 is 23.6. The molecule has 0 radical (unpaired) electrons. The van der Waals surface area contributed by atoms with E-state index in [0.717, 1.165) is 105 Å². The fourth-order valence-electron chi connectivity index (χ4n) is 27.0. The highest BCUT2D eigenvalue weighted by molar-refractivity contribution is 6.38. The van der Waals surface area contributed by atoms with Gasteiger partial charge in [0.2, 0.25) is 0 Å². The number of benzene rings is 24. The van der Waals surface area contributed by atoms with Gasteiger partial charge in [-0.1, -0.05) is 307 Å². The van der Waals surface area contributed by atoms with Gasteiger partial charge in [-0.05, 0) is 304 Å². The van der Waals surface area contributed by atoms with Gasteiger partial charge in [-0.2, -0.15) is 0 Å². The molecule has 0 saturated carbocycles. The van der Waals surface area contributed by atoms with E-state index in [2.05, 4.69) is 516 Å². The molecule has 8 nitrogen and oxygen atoms in total. The van der Waals surface area contributed by atoms with Gasteiger partial charge in [0.05, 0.1) is 66.5 Å². The zero-order valence-electron chi connectivity index (χ0n) is 82.5. The van der Waals surface area contributed by atoms with Crippen molar-refractivity contribution in [2.24, 2.45) is 0 Å². The normalized spacial score (nSPS) is 13.3. The fourth-order valence-corrected chi connectivity index (χ4v) is 27.0. The molecule has 700 valence electrons. The van der Waals surface area contributed by atoms with E-state index in [1.165, 1.54) is 214 Å². The molecule has 32 aromatic rings. The number of nitrogens with zero attached hydrogens (tertiary/aromatic N) is 6. The summed E-state index contributed by atoms with van der Waals surface area (Å²) in [5.74, 6) is 0. The Morgan fingerprint density at radius 1 is 0.193 bits per heavy atom. The summed E-state index contributed by atoms with van der Waals surface area (Å²) in [6, 6.07) is 175. The van der Waals surface area contributed by atoms with Crippen molar-refractivity contribution in [1.29, 1.82) is 0 Å². The molecule has 0 aliphatic heterocycles. The van der Waals surface area contributed by atoms with Crippen molar-refractivity contribution in [3.05, 3.63) is 495 Å². The summed E-state index contributed by atoms with van der Waals surface area (Å²) in [5.41, 5.74) is 40.0. The first-order valence-electron chi connectivity index (χ1n) is 52.1. The predicted octanol–water partition coefficient (Wildman–Crippen LogP) is 39.2. The average Bonchev–Trinajstić information content (AvgIpc) is 1.51. The molecule has 150 heavy (non-hydrogen) atoms. The maximum atomic E-state index is 6.72. The Bertz CT molecular complexity index is 11500. The van der Waals surface area contributed by atoms with E-state index in [9.17, 15) is 0 Å². The Kier molecular flexibility index (Phi) is 17.0. The van der Waals surface area contributed by atoms with Crippen molar-refractivity contribution in [3.8, 4) is 55.9 Å². The summed E-state index contributed by atoms with van der Waals surface area (Å²) in [5, 5.41) is 29.1. The molecule has 8 aromatic heterocycles. The third-order valence-electron chi connectivity index (χ3n) is 33.8. The number of aromatic nitrogens is 4. The minimum atomic E-state index is -0.0602. The van der Waals surface area contributed by atoms with Gasteiger partial charge in [0.15, 0.2) is 11.2 Å². The third kappa shape index (κ3) is 11.6. The van der Waals surface area contributed by atoms with Crippen LogP contribution in [-0.2, 0) is 10.8 Å². The molecule has 0 fully saturated rings. The Labute approximate surface area is 861 Å². The van der Waals surface area contributed by atoms with Crippen LogP contribution in [0.2, 0.25) is 0 Å². The van der Waals surface area contributed by atoms with Crippen LogP contribution in [0.5, 0.6) is 0 Å². The molecule has 0 spiro atoms. The predicted molar refractivity (Wildman–Crippen MR) is 631 cm³/mol. The third-order valence-corrected chi connectivity index (χ3v) is 33.8. The minimum Gasteiger partial charge on any atom is -0.454 e.